The Balaban J connectivity index is 2.47. The smallest absolute Gasteiger partial charge is 0.0662 e. The molecule has 0 aromatic heterocycles. The Morgan fingerprint density at radius 3 is 2.33 bits per heavy atom. The van der Waals surface area contributed by atoms with Crippen LogP contribution in [0.4, 0.5) is 0 Å². The van der Waals surface area contributed by atoms with Crippen molar-refractivity contribution in [3.8, 4) is 0 Å². The van der Waals surface area contributed by atoms with Crippen molar-refractivity contribution in [1.82, 2.24) is 0 Å². The van der Waals surface area contributed by atoms with Crippen LogP contribution in [0.1, 0.15) is 27.1 Å². The molecule has 0 amide bonds. The molecule has 2 aromatic carbocycles. The maximum atomic E-state index is 6.24. The van der Waals surface area contributed by atoms with Crippen molar-refractivity contribution >= 4 is 39.1 Å². The number of alkyl halides is 1. The molecule has 94 valence electrons. The number of aryl methyl sites for hydroxylation is 2. The highest BCUT2D eigenvalue weighted by molar-refractivity contribution is 9.09. The normalized spacial score (nSPS) is 12.5. The fourth-order valence-electron chi connectivity index (χ4n) is 1.99. The zero-order valence-electron chi connectivity index (χ0n) is 10.2. The Bertz CT molecular complexity index is 579. The van der Waals surface area contributed by atoms with Gasteiger partial charge in [0.25, 0.3) is 0 Å². The molecular weight excluding hydrogens is 331 g/mol. The van der Waals surface area contributed by atoms with Crippen molar-refractivity contribution in [2.75, 3.05) is 0 Å². The molecule has 2 rings (SSSR count). The number of benzene rings is 2. The van der Waals surface area contributed by atoms with Gasteiger partial charge in [-0.15, -0.1) is 0 Å². The third-order valence-corrected chi connectivity index (χ3v) is 4.50. The molecule has 0 saturated heterocycles. The second kappa shape index (κ2) is 5.64. The zero-order valence-corrected chi connectivity index (χ0v) is 13.3. The predicted molar refractivity (Wildman–Crippen MR) is 83.1 cm³/mol. The van der Waals surface area contributed by atoms with Crippen molar-refractivity contribution in [1.29, 1.82) is 0 Å². The Morgan fingerprint density at radius 1 is 0.944 bits per heavy atom. The molecule has 1 unspecified atom stereocenters. The lowest BCUT2D eigenvalue weighted by Crippen LogP contribution is -1.97. The quantitative estimate of drug-likeness (QED) is 0.578. The molecule has 0 fully saturated rings. The van der Waals surface area contributed by atoms with Crippen LogP contribution in [0.5, 0.6) is 0 Å². The van der Waals surface area contributed by atoms with Gasteiger partial charge in [-0.2, -0.15) is 0 Å². The maximum Gasteiger partial charge on any atom is 0.0662 e. The lowest BCUT2D eigenvalue weighted by Gasteiger charge is -2.16. The van der Waals surface area contributed by atoms with Crippen LogP contribution in [-0.2, 0) is 0 Å². The molecular formula is C15H13BrCl2. The average Bonchev–Trinajstić information content (AvgIpc) is 2.31. The molecule has 0 spiro atoms. The summed E-state index contributed by atoms with van der Waals surface area (Å²) in [5.74, 6) is 0. The van der Waals surface area contributed by atoms with Crippen molar-refractivity contribution in [2.45, 2.75) is 18.7 Å². The summed E-state index contributed by atoms with van der Waals surface area (Å²) < 4.78 is 0. The number of hydrogen-bond acceptors (Lipinski definition) is 0. The van der Waals surface area contributed by atoms with E-state index in [2.05, 4.69) is 48.0 Å². The first kappa shape index (κ1) is 13.9. The van der Waals surface area contributed by atoms with E-state index in [1.807, 2.05) is 12.1 Å². The summed E-state index contributed by atoms with van der Waals surface area (Å²) in [6.45, 7) is 4.20. The minimum absolute atomic E-state index is 0.0595. The lowest BCUT2D eigenvalue weighted by atomic mass is 9.99. The van der Waals surface area contributed by atoms with Crippen LogP contribution in [-0.4, -0.2) is 0 Å². The van der Waals surface area contributed by atoms with E-state index in [9.17, 15) is 0 Å². The monoisotopic (exact) mass is 342 g/mol. The zero-order chi connectivity index (χ0) is 13.3. The van der Waals surface area contributed by atoms with Crippen molar-refractivity contribution in [3.05, 3.63) is 68.7 Å². The van der Waals surface area contributed by atoms with Gasteiger partial charge < -0.3 is 0 Å². The van der Waals surface area contributed by atoms with E-state index < -0.39 is 0 Å². The molecule has 1 atom stereocenters. The van der Waals surface area contributed by atoms with Crippen LogP contribution < -0.4 is 0 Å². The summed E-state index contributed by atoms with van der Waals surface area (Å²) in [6.07, 6.45) is 0. The number of hydrogen-bond donors (Lipinski definition) is 0. The molecule has 0 nitrogen and oxygen atoms in total. The second-order valence-corrected chi connectivity index (χ2v) is 6.15. The van der Waals surface area contributed by atoms with E-state index in [1.165, 1.54) is 16.7 Å². The molecule has 0 bridgehead atoms. The molecule has 0 aliphatic heterocycles. The van der Waals surface area contributed by atoms with Gasteiger partial charge in [-0.3, -0.25) is 0 Å². The molecule has 18 heavy (non-hydrogen) atoms. The Labute approximate surface area is 126 Å². The maximum absolute atomic E-state index is 6.24. The van der Waals surface area contributed by atoms with E-state index in [4.69, 9.17) is 23.2 Å². The largest absolute Gasteiger partial charge is 0.0843 e. The van der Waals surface area contributed by atoms with Gasteiger partial charge in [0.2, 0.25) is 0 Å². The third-order valence-electron chi connectivity index (χ3n) is 2.93. The van der Waals surface area contributed by atoms with E-state index in [-0.39, 0.29) is 4.83 Å². The minimum Gasteiger partial charge on any atom is -0.0843 e. The summed E-state index contributed by atoms with van der Waals surface area (Å²) in [6, 6.07) is 11.9. The molecule has 3 heteroatoms. The summed E-state index contributed by atoms with van der Waals surface area (Å²) in [5, 5.41) is 1.42. The first-order chi connectivity index (χ1) is 8.49. The summed E-state index contributed by atoms with van der Waals surface area (Å²) in [7, 11) is 0. The summed E-state index contributed by atoms with van der Waals surface area (Å²) in [5.41, 5.74) is 4.71. The molecule has 0 aliphatic rings. The molecule has 0 radical (unpaired) electrons. The van der Waals surface area contributed by atoms with E-state index in [0.717, 1.165) is 10.6 Å². The van der Waals surface area contributed by atoms with Crippen LogP contribution in [0.25, 0.3) is 0 Å². The SMILES string of the molecule is Cc1ccc(C(Br)c2cc(Cl)ccc2Cl)c(C)c1. The Kier molecular flexibility index (Phi) is 4.37. The standard InChI is InChI=1S/C15H13BrCl2/c1-9-3-5-12(10(2)7-9)15(16)13-8-11(17)4-6-14(13)18/h3-8,15H,1-2H3. The van der Waals surface area contributed by atoms with Crippen molar-refractivity contribution < 1.29 is 0 Å². The third kappa shape index (κ3) is 2.90. The predicted octanol–water partition coefficient (Wildman–Crippen LogP) is 6.09. The minimum atomic E-state index is 0.0595. The Hall–Kier alpha value is -0.500. The van der Waals surface area contributed by atoms with E-state index in [0.29, 0.717) is 5.02 Å². The van der Waals surface area contributed by atoms with Gasteiger partial charge in [0.15, 0.2) is 0 Å². The van der Waals surface area contributed by atoms with Gasteiger partial charge in [0, 0.05) is 10.0 Å². The fraction of sp³-hybridized carbons (Fsp3) is 0.200. The second-order valence-electron chi connectivity index (χ2n) is 4.39. The first-order valence-electron chi connectivity index (χ1n) is 5.65. The van der Waals surface area contributed by atoms with Gasteiger partial charge in [-0.1, -0.05) is 62.9 Å². The molecule has 0 saturated carbocycles. The fourth-order valence-corrected chi connectivity index (χ4v) is 3.42. The summed E-state index contributed by atoms with van der Waals surface area (Å²) in [4.78, 5) is 0.0595. The highest BCUT2D eigenvalue weighted by atomic mass is 79.9. The van der Waals surface area contributed by atoms with Crippen LogP contribution in [0.15, 0.2) is 36.4 Å². The molecule has 0 heterocycles. The first-order valence-corrected chi connectivity index (χ1v) is 7.32. The highest BCUT2D eigenvalue weighted by Crippen LogP contribution is 2.38. The Morgan fingerprint density at radius 2 is 1.67 bits per heavy atom. The van der Waals surface area contributed by atoms with Crippen molar-refractivity contribution in [3.63, 3.8) is 0 Å². The van der Waals surface area contributed by atoms with Crippen molar-refractivity contribution in [2.24, 2.45) is 0 Å². The average molecular weight is 344 g/mol. The van der Waals surface area contributed by atoms with E-state index in [1.54, 1.807) is 6.07 Å². The number of rotatable bonds is 2. The van der Waals surface area contributed by atoms with Crippen LogP contribution in [0.2, 0.25) is 10.0 Å². The molecule has 2 aromatic rings. The number of halogens is 3. The molecule has 0 aliphatic carbocycles. The molecule has 0 N–H and O–H groups in total. The van der Waals surface area contributed by atoms with Gasteiger partial charge >= 0.3 is 0 Å². The van der Waals surface area contributed by atoms with Gasteiger partial charge in [-0.25, -0.2) is 0 Å². The lowest BCUT2D eigenvalue weighted by molar-refractivity contribution is 1.14. The van der Waals surface area contributed by atoms with Gasteiger partial charge in [0.05, 0.1) is 4.83 Å². The highest BCUT2D eigenvalue weighted by Gasteiger charge is 2.16. The van der Waals surface area contributed by atoms with Crippen LogP contribution in [0.3, 0.4) is 0 Å². The van der Waals surface area contributed by atoms with Crippen LogP contribution >= 0.6 is 39.1 Å². The van der Waals surface area contributed by atoms with Gasteiger partial charge in [0.1, 0.15) is 0 Å². The van der Waals surface area contributed by atoms with Crippen LogP contribution in [0, 0.1) is 13.8 Å². The van der Waals surface area contributed by atoms with Gasteiger partial charge in [-0.05, 0) is 48.7 Å². The van der Waals surface area contributed by atoms with E-state index >= 15 is 0 Å². The topological polar surface area (TPSA) is 0 Å². The summed E-state index contributed by atoms with van der Waals surface area (Å²) >= 11 is 16.0.